The third-order valence-corrected chi connectivity index (χ3v) is 4.24. The highest BCUT2D eigenvalue weighted by Gasteiger charge is 2.13. The van der Waals surface area contributed by atoms with Crippen LogP contribution in [0.2, 0.25) is 5.02 Å². The summed E-state index contributed by atoms with van der Waals surface area (Å²) >= 11 is 6.12. The average Bonchev–Trinajstić information content (AvgIpc) is 3.02. The first-order valence-electron chi connectivity index (χ1n) is 7.60. The van der Waals surface area contributed by atoms with Crippen LogP contribution in [-0.2, 0) is 6.54 Å². The topological polar surface area (TPSA) is 69.6 Å². The summed E-state index contributed by atoms with van der Waals surface area (Å²) in [7, 11) is 0. The average molecular weight is 354 g/mol. The molecule has 0 aliphatic carbocycles. The van der Waals surface area contributed by atoms with Gasteiger partial charge in [0.25, 0.3) is 0 Å². The van der Waals surface area contributed by atoms with E-state index in [-0.39, 0.29) is 5.82 Å². The number of nitrogens with zero attached hydrogens (tertiary/aromatic N) is 4. The number of hydrogen-bond acceptors (Lipinski definition) is 4. The molecule has 0 unspecified atom stereocenters. The highest BCUT2D eigenvalue weighted by molar-refractivity contribution is 6.31. The fourth-order valence-electron chi connectivity index (χ4n) is 2.62. The Balaban J connectivity index is 1.81. The minimum Gasteiger partial charge on any atom is -0.383 e. The van der Waals surface area contributed by atoms with E-state index in [2.05, 4.69) is 15.1 Å². The van der Waals surface area contributed by atoms with E-state index in [0.29, 0.717) is 34.2 Å². The molecule has 0 aliphatic rings. The second kappa shape index (κ2) is 6.14. The largest absolute Gasteiger partial charge is 0.383 e. The molecule has 124 valence electrons. The van der Waals surface area contributed by atoms with Crippen molar-refractivity contribution >= 4 is 28.5 Å². The summed E-state index contributed by atoms with van der Waals surface area (Å²) in [6.45, 7) is 0.354. The Labute approximate surface area is 147 Å². The number of halogens is 2. The molecule has 0 fully saturated rings. The van der Waals surface area contributed by atoms with Crippen molar-refractivity contribution in [3.8, 4) is 11.4 Å². The Kier molecular flexibility index (Phi) is 3.82. The molecule has 4 rings (SSSR count). The SMILES string of the molecule is Nc1nc(-c2ccccc2)nc2c1cnn2Cc1ccc(F)cc1Cl. The van der Waals surface area contributed by atoms with Crippen molar-refractivity contribution in [2.45, 2.75) is 6.54 Å². The molecule has 0 spiro atoms. The molecule has 0 atom stereocenters. The van der Waals surface area contributed by atoms with E-state index in [4.69, 9.17) is 17.3 Å². The molecular formula is C18H13ClFN5. The molecule has 2 aromatic carbocycles. The molecule has 25 heavy (non-hydrogen) atoms. The van der Waals surface area contributed by atoms with Crippen molar-refractivity contribution in [3.63, 3.8) is 0 Å². The molecule has 4 aromatic rings. The maximum atomic E-state index is 13.2. The Morgan fingerprint density at radius 3 is 2.64 bits per heavy atom. The molecule has 2 aromatic heterocycles. The third-order valence-electron chi connectivity index (χ3n) is 3.89. The van der Waals surface area contributed by atoms with E-state index >= 15 is 0 Å². The minimum atomic E-state index is -0.378. The fourth-order valence-corrected chi connectivity index (χ4v) is 2.85. The summed E-state index contributed by atoms with van der Waals surface area (Å²) in [4.78, 5) is 8.96. The van der Waals surface area contributed by atoms with Gasteiger partial charge in [-0.2, -0.15) is 5.10 Å². The molecule has 2 N–H and O–H groups in total. The van der Waals surface area contributed by atoms with Gasteiger partial charge in [0.2, 0.25) is 0 Å². The molecule has 0 bridgehead atoms. The fraction of sp³-hybridized carbons (Fsp3) is 0.0556. The summed E-state index contributed by atoms with van der Waals surface area (Å²) in [6.07, 6.45) is 1.62. The van der Waals surface area contributed by atoms with E-state index in [1.165, 1.54) is 12.1 Å². The van der Waals surface area contributed by atoms with Gasteiger partial charge >= 0.3 is 0 Å². The van der Waals surface area contributed by atoms with Crippen LogP contribution in [0.3, 0.4) is 0 Å². The summed E-state index contributed by atoms with van der Waals surface area (Å²) < 4.78 is 14.9. The van der Waals surface area contributed by atoms with E-state index in [1.54, 1.807) is 16.9 Å². The summed E-state index contributed by atoms with van der Waals surface area (Å²) in [6, 6.07) is 13.9. The molecule has 0 aliphatic heterocycles. The van der Waals surface area contributed by atoms with Crippen molar-refractivity contribution in [2.24, 2.45) is 0 Å². The molecule has 5 nitrogen and oxygen atoms in total. The number of hydrogen-bond donors (Lipinski definition) is 1. The van der Waals surface area contributed by atoms with Crippen LogP contribution in [-0.4, -0.2) is 19.7 Å². The molecule has 0 saturated carbocycles. The van der Waals surface area contributed by atoms with Crippen LogP contribution in [0.4, 0.5) is 10.2 Å². The van der Waals surface area contributed by atoms with E-state index in [0.717, 1.165) is 11.1 Å². The van der Waals surface area contributed by atoms with E-state index in [1.807, 2.05) is 30.3 Å². The maximum absolute atomic E-state index is 13.2. The highest BCUT2D eigenvalue weighted by atomic mass is 35.5. The summed E-state index contributed by atoms with van der Waals surface area (Å²) in [5, 5.41) is 5.34. The lowest BCUT2D eigenvalue weighted by atomic mass is 10.2. The lowest BCUT2D eigenvalue weighted by molar-refractivity contribution is 0.625. The Bertz CT molecular complexity index is 1060. The standard InChI is InChI=1S/C18H13ClFN5/c19-15-8-13(20)7-6-12(15)10-25-18-14(9-22-25)16(21)23-17(24-18)11-4-2-1-3-5-11/h1-9H,10H2,(H2,21,23,24). The van der Waals surface area contributed by atoms with Crippen molar-refractivity contribution in [3.05, 3.63) is 71.1 Å². The Morgan fingerprint density at radius 2 is 1.88 bits per heavy atom. The van der Waals surface area contributed by atoms with Crippen molar-refractivity contribution < 1.29 is 4.39 Å². The molecule has 2 heterocycles. The van der Waals surface area contributed by atoms with Crippen LogP contribution in [0.15, 0.2) is 54.7 Å². The third kappa shape index (κ3) is 2.92. The molecule has 7 heteroatoms. The number of nitrogen functional groups attached to an aromatic ring is 1. The number of fused-ring (bicyclic) bond motifs is 1. The number of nitrogens with two attached hydrogens (primary N) is 1. The van der Waals surface area contributed by atoms with Crippen LogP contribution >= 0.6 is 11.6 Å². The van der Waals surface area contributed by atoms with Crippen LogP contribution < -0.4 is 5.73 Å². The van der Waals surface area contributed by atoms with Crippen molar-refractivity contribution in [1.82, 2.24) is 19.7 Å². The number of benzene rings is 2. The van der Waals surface area contributed by atoms with Gasteiger partial charge in [0, 0.05) is 10.6 Å². The van der Waals surface area contributed by atoms with Crippen LogP contribution in [0.1, 0.15) is 5.56 Å². The Morgan fingerprint density at radius 1 is 1.08 bits per heavy atom. The molecule has 0 saturated heterocycles. The second-order valence-corrected chi connectivity index (χ2v) is 5.98. The number of rotatable bonds is 3. The smallest absolute Gasteiger partial charge is 0.164 e. The van der Waals surface area contributed by atoms with Crippen molar-refractivity contribution in [1.29, 1.82) is 0 Å². The van der Waals surface area contributed by atoms with Crippen LogP contribution in [0.25, 0.3) is 22.4 Å². The highest BCUT2D eigenvalue weighted by Crippen LogP contribution is 2.24. The number of anilines is 1. The van der Waals surface area contributed by atoms with Gasteiger partial charge < -0.3 is 5.73 Å². The zero-order valence-corrected chi connectivity index (χ0v) is 13.8. The number of aromatic nitrogens is 4. The first-order chi connectivity index (χ1) is 12.1. The van der Waals surface area contributed by atoms with Crippen LogP contribution in [0, 0.1) is 5.82 Å². The quantitative estimate of drug-likeness (QED) is 0.606. The first-order valence-corrected chi connectivity index (χ1v) is 7.98. The van der Waals surface area contributed by atoms with Gasteiger partial charge in [-0.1, -0.05) is 48.0 Å². The summed E-state index contributed by atoms with van der Waals surface area (Å²) in [5.41, 5.74) is 8.28. The van der Waals surface area contributed by atoms with Gasteiger partial charge in [-0.25, -0.2) is 19.0 Å². The lowest BCUT2D eigenvalue weighted by Crippen LogP contribution is -2.05. The van der Waals surface area contributed by atoms with E-state index in [9.17, 15) is 4.39 Å². The van der Waals surface area contributed by atoms with Gasteiger partial charge in [-0.05, 0) is 17.7 Å². The monoisotopic (exact) mass is 353 g/mol. The predicted molar refractivity (Wildman–Crippen MR) is 95.7 cm³/mol. The maximum Gasteiger partial charge on any atom is 0.164 e. The minimum absolute atomic E-state index is 0.342. The van der Waals surface area contributed by atoms with Gasteiger partial charge in [0.1, 0.15) is 11.6 Å². The van der Waals surface area contributed by atoms with Gasteiger partial charge in [0.05, 0.1) is 18.1 Å². The van der Waals surface area contributed by atoms with Gasteiger partial charge in [-0.15, -0.1) is 0 Å². The summed E-state index contributed by atoms with van der Waals surface area (Å²) in [5.74, 6) is 0.509. The molecule has 0 amide bonds. The van der Waals surface area contributed by atoms with E-state index < -0.39 is 0 Å². The zero-order chi connectivity index (χ0) is 17.4. The second-order valence-electron chi connectivity index (χ2n) is 5.57. The first kappa shape index (κ1) is 15.5. The van der Waals surface area contributed by atoms with Gasteiger partial charge in [-0.3, -0.25) is 0 Å². The molecule has 0 radical (unpaired) electrons. The lowest BCUT2D eigenvalue weighted by Gasteiger charge is -2.07. The Hall–Kier alpha value is -2.99. The molecular weight excluding hydrogens is 341 g/mol. The zero-order valence-electron chi connectivity index (χ0n) is 13.0. The van der Waals surface area contributed by atoms with Gasteiger partial charge in [0.15, 0.2) is 11.5 Å². The predicted octanol–water partition coefficient (Wildman–Crippen LogP) is 3.92. The normalized spacial score (nSPS) is 11.1. The van der Waals surface area contributed by atoms with Crippen molar-refractivity contribution in [2.75, 3.05) is 5.73 Å². The van der Waals surface area contributed by atoms with Crippen LogP contribution in [0.5, 0.6) is 0 Å².